The maximum absolute atomic E-state index is 13.2. The van der Waals surface area contributed by atoms with E-state index in [9.17, 15) is 4.39 Å². The van der Waals surface area contributed by atoms with Crippen molar-refractivity contribution in [2.45, 2.75) is 11.7 Å². The first kappa shape index (κ1) is 12.1. The largest absolute Gasteiger partial charge is 0.348 e. The van der Waals surface area contributed by atoms with Gasteiger partial charge >= 0.3 is 5.82 Å². The predicted molar refractivity (Wildman–Crippen MR) is 68.1 cm³/mol. The lowest BCUT2D eigenvalue weighted by Gasteiger charge is -2.00. The highest BCUT2D eigenvalue weighted by Gasteiger charge is 2.33. The third-order valence-electron chi connectivity index (χ3n) is 2.54. The average molecular weight is 376 g/mol. The number of aromatic nitrogens is 3. The molecule has 0 fully saturated rings. The van der Waals surface area contributed by atoms with Crippen LogP contribution in [-0.4, -0.2) is 10.1 Å². The van der Waals surface area contributed by atoms with Crippen molar-refractivity contribution in [1.82, 2.24) is 10.1 Å². The maximum Gasteiger partial charge on any atom is 0.348 e. The molecule has 1 aromatic carbocycles. The van der Waals surface area contributed by atoms with Gasteiger partial charge in [0, 0.05) is 5.56 Å². The average Bonchev–Trinajstić information content (AvgIpc) is 2.70. The van der Waals surface area contributed by atoms with Gasteiger partial charge in [0.05, 0.1) is 0 Å². The highest BCUT2D eigenvalue weighted by molar-refractivity contribution is 9.10. The smallest absolute Gasteiger partial charge is 0.316 e. The van der Waals surface area contributed by atoms with E-state index in [2.05, 4.69) is 41.9 Å². The van der Waals surface area contributed by atoms with Gasteiger partial charge in [-0.2, -0.15) is 0 Å². The summed E-state index contributed by atoms with van der Waals surface area (Å²) in [6, 6.07) is 6.25. The van der Waals surface area contributed by atoms with Gasteiger partial charge in [-0.1, -0.05) is 21.9 Å². The zero-order chi connectivity index (χ0) is 12.7. The van der Waals surface area contributed by atoms with Crippen LogP contribution >= 0.6 is 31.9 Å². The SMILES string of the molecule is Fc1cccc(-c2nc3[n+](nc2Br)C(Br)OC3)c1. The van der Waals surface area contributed by atoms with E-state index in [1.54, 1.807) is 16.8 Å². The fraction of sp³-hybridized carbons (Fsp3) is 0.182. The van der Waals surface area contributed by atoms with Gasteiger partial charge in [0.2, 0.25) is 10.3 Å². The second-order valence-electron chi connectivity index (χ2n) is 3.73. The van der Waals surface area contributed by atoms with Crippen LogP contribution in [0.1, 0.15) is 11.0 Å². The Morgan fingerprint density at radius 2 is 2.28 bits per heavy atom. The van der Waals surface area contributed by atoms with E-state index in [1.807, 2.05) is 0 Å². The Balaban J connectivity index is 2.14. The van der Waals surface area contributed by atoms with Gasteiger partial charge in [-0.05, 0) is 49.0 Å². The predicted octanol–water partition coefficient (Wildman–Crippen LogP) is 2.71. The van der Waals surface area contributed by atoms with Gasteiger partial charge in [-0.3, -0.25) is 0 Å². The van der Waals surface area contributed by atoms with Crippen LogP contribution in [0.25, 0.3) is 11.3 Å². The summed E-state index contributed by atoms with van der Waals surface area (Å²) >= 11 is 6.67. The monoisotopic (exact) mass is 374 g/mol. The summed E-state index contributed by atoms with van der Waals surface area (Å²) in [5.41, 5.74) is 1.28. The molecular formula is C11H7Br2FN3O+. The van der Waals surface area contributed by atoms with Crippen molar-refractivity contribution in [3.8, 4) is 11.3 Å². The highest BCUT2D eigenvalue weighted by atomic mass is 79.9. The van der Waals surface area contributed by atoms with Crippen molar-refractivity contribution in [3.63, 3.8) is 0 Å². The minimum absolute atomic E-state index is 0.302. The molecule has 0 spiro atoms. The normalized spacial score (nSPS) is 17.8. The Morgan fingerprint density at radius 1 is 1.44 bits per heavy atom. The number of fused-ring (bicyclic) bond motifs is 1. The zero-order valence-electron chi connectivity index (χ0n) is 8.98. The molecule has 92 valence electrons. The number of halogens is 3. The minimum atomic E-state index is -0.308. The third-order valence-corrected chi connectivity index (χ3v) is 3.72. The number of hydrogen-bond donors (Lipinski definition) is 0. The molecule has 4 nitrogen and oxygen atoms in total. The number of ether oxygens (including phenoxy) is 1. The first-order valence-corrected chi connectivity index (χ1v) is 6.86. The molecule has 0 saturated carbocycles. The lowest BCUT2D eigenvalue weighted by molar-refractivity contribution is -0.772. The lowest BCUT2D eigenvalue weighted by Crippen LogP contribution is -2.41. The van der Waals surface area contributed by atoms with E-state index in [0.717, 1.165) is 0 Å². The van der Waals surface area contributed by atoms with Crippen LogP contribution in [-0.2, 0) is 11.3 Å². The van der Waals surface area contributed by atoms with E-state index >= 15 is 0 Å². The summed E-state index contributed by atoms with van der Waals surface area (Å²) in [5, 5.41) is 4.01. The van der Waals surface area contributed by atoms with Crippen LogP contribution in [0, 0.1) is 5.82 Å². The van der Waals surface area contributed by atoms with E-state index < -0.39 is 0 Å². The molecule has 1 aromatic heterocycles. The van der Waals surface area contributed by atoms with Gasteiger partial charge in [0.1, 0.15) is 5.82 Å². The van der Waals surface area contributed by atoms with E-state index in [1.165, 1.54) is 12.1 Å². The molecule has 18 heavy (non-hydrogen) atoms. The highest BCUT2D eigenvalue weighted by Crippen LogP contribution is 2.27. The van der Waals surface area contributed by atoms with Gasteiger partial charge in [0.15, 0.2) is 6.61 Å². The van der Waals surface area contributed by atoms with Crippen LogP contribution in [0.5, 0.6) is 0 Å². The van der Waals surface area contributed by atoms with Crippen molar-refractivity contribution >= 4 is 31.9 Å². The molecule has 0 N–H and O–H groups in total. The molecular weight excluding hydrogens is 369 g/mol. The van der Waals surface area contributed by atoms with Crippen molar-refractivity contribution < 1.29 is 13.8 Å². The Hall–Kier alpha value is -0.920. The summed E-state index contributed by atoms with van der Waals surface area (Å²) in [7, 11) is 0. The van der Waals surface area contributed by atoms with Crippen LogP contribution in [0.15, 0.2) is 28.9 Å². The van der Waals surface area contributed by atoms with Crippen LogP contribution in [0.2, 0.25) is 0 Å². The quantitative estimate of drug-likeness (QED) is 0.568. The summed E-state index contributed by atoms with van der Waals surface area (Å²) in [6.45, 7) is 0.374. The second-order valence-corrected chi connectivity index (χ2v) is 5.26. The van der Waals surface area contributed by atoms with Crippen LogP contribution in [0.3, 0.4) is 0 Å². The second kappa shape index (κ2) is 4.64. The van der Waals surface area contributed by atoms with E-state index in [0.29, 0.717) is 28.3 Å². The first-order valence-electron chi connectivity index (χ1n) is 5.15. The Kier molecular flexibility index (Phi) is 3.13. The Bertz CT molecular complexity index is 623. The van der Waals surface area contributed by atoms with E-state index in [4.69, 9.17) is 4.74 Å². The molecule has 7 heteroatoms. The van der Waals surface area contributed by atoms with Crippen molar-refractivity contribution in [2.24, 2.45) is 0 Å². The number of nitrogens with zero attached hydrogens (tertiary/aromatic N) is 3. The molecule has 1 aliphatic heterocycles. The topological polar surface area (TPSA) is 38.9 Å². The summed E-state index contributed by atoms with van der Waals surface area (Å²) in [6.07, 6.45) is 0. The van der Waals surface area contributed by atoms with Gasteiger partial charge < -0.3 is 4.74 Å². The number of alkyl halides is 1. The third kappa shape index (κ3) is 2.06. The zero-order valence-corrected chi connectivity index (χ0v) is 12.1. The van der Waals surface area contributed by atoms with Gasteiger partial charge in [-0.25, -0.2) is 4.39 Å². The number of benzene rings is 1. The van der Waals surface area contributed by atoms with Crippen LogP contribution in [0.4, 0.5) is 4.39 Å². The summed E-state index contributed by atoms with van der Waals surface area (Å²) in [4.78, 5) is 4.45. The molecule has 1 atom stereocenters. The van der Waals surface area contributed by atoms with Gasteiger partial charge in [0.25, 0.3) is 5.14 Å². The molecule has 0 radical (unpaired) electrons. The molecule has 0 aliphatic carbocycles. The molecule has 2 aromatic rings. The maximum atomic E-state index is 13.2. The molecule has 0 bridgehead atoms. The molecule has 0 saturated heterocycles. The summed E-state index contributed by atoms with van der Waals surface area (Å²) in [5.74, 6) is 0.392. The molecule has 3 rings (SSSR count). The fourth-order valence-corrected chi connectivity index (χ4v) is 2.67. The van der Waals surface area contributed by atoms with Gasteiger partial charge in [-0.15, -0.1) is 0 Å². The lowest BCUT2D eigenvalue weighted by atomic mass is 10.1. The Morgan fingerprint density at radius 3 is 3.06 bits per heavy atom. The molecule has 1 unspecified atom stereocenters. The molecule has 0 amide bonds. The Labute approximate surface area is 119 Å². The standard InChI is InChI=1S/C11H7Br2FN3O/c12-10-9(6-2-1-3-7(14)4-6)15-8-5-18-11(13)17(8)16-10/h1-4,11H,5H2/q+1. The van der Waals surface area contributed by atoms with Crippen molar-refractivity contribution in [1.29, 1.82) is 0 Å². The first-order chi connectivity index (χ1) is 8.65. The number of hydrogen-bond acceptors (Lipinski definition) is 3. The number of rotatable bonds is 1. The molecule has 1 aliphatic rings. The van der Waals surface area contributed by atoms with Crippen LogP contribution < -0.4 is 4.68 Å². The van der Waals surface area contributed by atoms with Crippen molar-refractivity contribution in [3.05, 3.63) is 40.5 Å². The van der Waals surface area contributed by atoms with E-state index in [-0.39, 0.29) is 11.0 Å². The molecule has 2 heterocycles. The minimum Gasteiger partial charge on any atom is -0.316 e. The fourth-order valence-electron chi connectivity index (χ4n) is 1.72. The summed E-state index contributed by atoms with van der Waals surface area (Å²) < 4.78 is 20.8. The van der Waals surface area contributed by atoms with Crippen molar-refractivity contribution in [2.75, 3.05) is 0 Å².